The molecule has 0 aromatic rings. The van der Waals surface area contributed by atoms with E-state index in [4.69, 9.17) is 19.7 Å². The number of carbonyl (C=O) groups is 2. The maximum atomic E-state index is 11.4. The molecule has 132 valence electrons. The van der Waals surface area contributed by atoms with Crippen LogP contribution in [0.25, 0.3) is 0 Å². The first-order valence-corrected chi connectivity index (χ1v) is 7.29. The standard InChI is InChI=1S/C14H23NO8/c1-3-4-22-9-5-10(14(20)21)23-13(11(9)15-7(2)17)12(19)8(18)6-16/h5,8-9,11-13,16,18-19H,3-4,6H2,1-2H3,(H,15,17)(H,20,21)/t8-,9+,11-,12-,13-/m1/s1. The second kappa shape index (κ2) is 8.82. The van der Waals surface area contributed by atoms with E-state index in [0.29, 0.717) is 13.0 Å². The minimum Gasteiger partial charge on any atom is -0.478 e. The van der Waals surface area contributed by atoms with E-state index in [9.17, 15) is 19.8 Å². The third kappa shape index (κ3) is 5.17. The van der Waals surface area contributed by atoms with Crippen LogP contribution < -0.4 is 5.32 Å². The molecule has 0 fully saturated rings. The Morgan fingerprint density at radius 2 is 2.09 bits per heavy atom. The molecule has 0 unspecified atom stereocenters. The van der Waals surface area contributed by atoms with Crippen molar-refractivity contribution in [3.63, 3.8) is 0 Å². The monoisotopic (exact) mass is 333 g/mol. The number of amides is 1. The Bertz CT molecular complexity index is 452. The van der Waals surface area contributed by atoms with Crippen LogP contribution in [0.2, 0.25) is 0 Å². The van der Waals surface area contributed by atoms with Crippen molar-refractivity contribution < 1.29 is 39.5 Å². The minimum atomic E-state index is -1.62. The van der Waals surface area contributed by atoms with Gasteiger partial charge in [0.2, 0.25) is 11.7 Å². The fourth-order valence-corrected chi connectivity index (χ4v) is 2.23. The molecular formula is C14H23NO8. The molecule has 5 N–H and O–H groups in total. The molecule has 1 aliphatic rings. The van der Waals surface area contributed by atoms with Gasteiger partial charge < -0.3 is 35.2 Å². The van der Waals surface area contributed by atoms with Crippen molar-refractivity contribution in [1.29, 1.82) is 0 Å². The molecule has 0 saturated heterocycles. The van der Waals surface area contributed by atoms with Crippen LogP contribution in [0.1, 0.15) is 20.3 Å². The number of rotatable bonds is 8. The van der Waals surface area contributed by atoms with Gasteiger partial charge in [0.05, 0.1) is 12.6 Å². The van der Waals surface area contributed by atoms with Gasteiger partial charge in [-0.05, 0) is 12.5 Å². The summed E-state index contributed by atoms with van der Waals surface area (Å²) in [4.78, 5) is 22.6. The Hall–Kier alpha value is -1.68. The highest BCUT2D eigenvalue weighted by molar-refractivity contribution is 5.84. The number of ether oxygens (including phenoxy) is 2. The van der Waals surface area contributed by atoms with Crippen LogP contribution in [0.4, 0.5) is 0 Å². The summed E-state index contributed by atoms with van der Waals surface area (Å²) in [5.41, 5.74) is 0. The Labute approximate surface area is 133 Å². The van der Waals surface area contributed by atoms with Crippen LogP contribution >= 0.6 is 0 Å². The molecule has 0 bridgehead atoms. The highest BCUT2D eigenvalue weighted by Gasteiger charge is 2.43. The number of aliphatic carboxylic acids is 1. The van der Waals surface area contributed by atoms with Crippen molar-refractivity contribution in [3.05, 3.63) is 11.8 Å². The minimum absolute atomic E-state index is 0.301. The van der Waals surface area contributed by atoms with Crippen LogP contribution in [0.15, 0.2) is 11.8 Å². The molecule has 1 amide bonds. The molecule has 0 aromatic heterocycles. The lowest BCUT2D eigenvalue weighted by Gasteiger charge is -2.39. The van der Waals surface area contributed by atoms with Crippen LogP contribution in [0.3, 0.4) is 0 Å². The first kappa shape index (κ1) is 19.4. The third-order valence-electron chi connectivity index (χ3n) is 3.30. The van der Waals surface area contributed by atoms with Crippen LogP contribution in [0, 0.1) is 0 Å². The summed E-state index contributed by atoms with van der Waals surface area (Å²) in [6.45, 7) is 2.66. The zero-order valence-electron chi connectivity index (χ0n) is 13.0. The molecule has 9 nitrogen and oxygen atoms in total. The molecule has 0 aliphatic carbocycles. The number of hydrogen-bond donors (Lipinski definition) is 5. The average molecular weight is 333 g/mol. The smallest absolute Gasteiger partial charge is 0.370 e. The van der Waals surface area contributed by atoms with Crippen molar-refractivity contribution >= 4 is 11.9 Å². The molecule has 0 radical (unpaired) electrons. The number of nitrogens with one attached hydrogen (secondary N) is 1. The zero-order chi connectivity index (χ0) is 17.6. The van der Waals surface area contributed by atoms with Gasteiger partial charge in [-0.15, -0.1) is 0 Å². The average Bonchev–Trinajstić information content (AvgIpc) is 2.51. The molecule has 0 saturated carbocycles. The van der Waals surface area contributed by atoms with Crippen molar-refractivity contribution in [3.8, 4) is 0 Å². The molecular weight excluding hydrogens is 310 g/mol. The zero-order valence-corrected chi connectivity index (χ0v) is 13.0. The van der Waals surface area contributed by atoms with Crippen molar-refractivity contribution in [2.24, 2.45) is 0 Å². The van der Waals surface area contributed by atoms with Gasteiger partial charge in [-0.25, -0.2) is 4.79 Å². The van der Waals surface area contributed by atoms with Crippen molar-refractivity contribution in [2.45, 2.75) is 50.7 Å². The van der Waals surface area contributed by atoms with Crippen molar-refractivity contribution in [2.75, 3.05) is 13.2 Å². The van der Waals surface area contributed by atoms with Crippen LogP contribution in [0.5, 0.6) is 0 Å². The van der Waals surface area contributed by atoms with Crippen LogP contribution in [-0.4, -0.2) is 76.0 Å². The van der Waals surface area contributed by atoms with Gasteiger partial charge >= 0.3 is 5.97 Å². The molecule has 1 heterocycles. The predicted molar refractivity (Wildman–Crippen MR) is 77.3 cm³/mol. The van der Waals surface area contributed by atoms with E-state index in [1.54, 1.807) is 0 Å². The lowest BCUT2D eigenvalue weighted by Crippen LogP contribution is -2.60. The Morgan fingerprint density at radius 1 is 1.43 bits per heavy atom. The SMILES string of the molecule is CCCO[C@H]1C=C(C(=O)O)O[C@@H]([C@H](O)[C@H](O)CO)[C@@H]1NC(C)=O. The van der Waals surface area contributed by atoms with E-state index in [1.165, 1.54) is 13.0 Å². The quantitative estimate of drug-likeness (QED) is 0.356. The van der Waals surface area contributed by atoms with E-state index >= 15 is 0 Å². The molecule has 23 heavy (non-hydrogen) atoms. The third-order valence-corrected chi connectivity index (χ3v) is 3.30. The maximum Gasteiger partial charge on any atom is 0.370 e. The highest BCUT2D eigenvalue weighted by Crippen LogP contribution is 2.25. The summed E-state index contributed by atoms with van der Waals surface area (Å²) in [6.07, 6.45) is -3.47. The van der Waals surface area contributed by atoms with E-state index in [0.717, 1.165) is 0 Å². The van der Waals surface area contributed by atoms with E-state index in [2.05, 4.69) is 5.32 Å². The first-order valence-electron chi connectivity index (χ1n) is 7.29. The topological polar surface area (TPSA) is 146 Å². The van der Waals surface area contributed by atoms with Gasteiger partial charge in [0, 0.05) is 13.5 Å². The normalized spacial score (nSPS) is 26.7. The predicted octanol–water partition coefficient (Wildman–Crippen LogP) is -1.63. The van der Waals surface area contributed by atoms with Gasteiger partial charge in [0.15, 0.2) is 6.10 Å². The molecule has 0 aromatic carbocycles. The summed E-state index contributed by atoms with van der Waals surface area (Å²) in [7, 11) is 0. The maximum absolute atomic E-state index is 11.4. The summed E-state index contributed by atoms with van der Waals surface area (Å²) in [5, 5.41) is 40.3. The highest BCUT2D eigenvalue weighted by atomic mass is 16.5. The lowest BCUT2D eigenvalue weighted by molar-refractivity contribution is -0.151. The summed E-state index contributed by atoms with van der Waals surface area (Å²) in [5.74, 6) is -2.26. The number of carboxylic acid groups (broad SMARTS) is 1. The van der Waals surface area contributed by atoms with E-state index in [1.807, 2.05) is 6.92 Å². The Balaban J connectivity index is 3.14. The van der Waals surface area contributed by atoms with E-state index in [-0.39, 0.29) is 0 Å². The van der Waals surface area contributed by atoms with Gasteiger partial charge in [-0.2, -0.15) is 0 Å². The lowest BCUT2D eigenvalue weighted by atomic mass is 9.93. The first-order chi connectivity index (χ1) is 10.8. The van der Waals surface area contributed by atoms with E-state index < -0.39 is 54.7 Å². The fraction of sp³-hybridized carbons (Fsp3) is 0.714. The molecule has 0 spiro atoms. The number of hydrogen-bond acceptors (Lipinski definition) is 7. The fourth-order valence-electron chi connectivity index (χ4n) is 2.23. The Morgan fingerprint density at radius 3 is 2.57 bits per heavy atom. The molecule has 9 heteroatoms. The Kier molecular flexibility index (Phi) is 7.43. The van der Waals surface area contributed by atoms with Gasteiger partial charge in [0.25, 0.3) is 0 Å². The molecule has 1 aliphatic heterocycles. The summed E-state index contributed by atoms with van der Waals surface area (Å²) >= 11 is 0. The number of carbonyl (C=O) groups excluding carboxylic acids is 1. The van der Waals surface area contributed by atoms with Crippen LogP contribution in [-0.2, 0) is 19.1 Å². The van der Waals surface area contributed by atoms with Gasteiger partial charge in [0.1, 0.15) is 18.3 Å². The number of carboxylic acids is 1. The largest absolute Gasteiger partial charge is 0.478 e. The molecule has 5 atom stereocenters. The second-order valence-corrected chi connectivity index (χ2v) is 5.22. The number of aliphatic hydroxyl groups excluding tert-OH is 3. The van der Waals surface area contributed by atoms with Crippen molar-refractivity contribution in [1.82, 2.24) is 5.32 Å². The number of aliphatic hydroxyl groups is 3. The second-order valence-electron chi connectivity index (χ2n) is 5.22. The summed E-state index contributed by atoms with van der Waals surface area (Å²) in [6, 6.07) is -0.918. The summed E-state index contributed by atoms with van der Waals surface area (Å²) < 4.78 is 10.7. The van der Waals surface area contributed by atoms with Gasteiger partial charge in [-0.1, -0.05) is 6.92 Å². The molecule has 1 rings (SSSR count). The van der Waals surface area contributed by atoms with Gasteiger partial charge in [-0.3, -0.25) is 4.79 Å².